The Labute approximate surface area is 265 Å². The van der Waals surface area contributed by atoms with Crippen molar-refractivity contribution in [1.82, 2.24) is 0 Å². The molecule has 0 fully saturated rings. The first kappa shape index (κ1) is 29.0. The van der Waals surface area contributed by atoms with E-state index in [2.05, 4.69) is 123 Å². The molecule has 220 valence electrons. The van der Waals surface area contributed by atoms with Crippen LogP contribution in [0.3, 0.4) is 0 Å². The number of allylic oxidation sites excluding steroid dienone is 10. The predicted molar refractivity (Wildman–Crippen MR) is 185 cm³/mol. The average Bonchev–Trinajstić information content (AvgIpc) is 3.51. The summed E-state index contributed by atoms with van der Waals surface area (Å²) in [5.74, 6) is 11.5. The van der Waals surface area contributed by atoms with Crippen LogP contribution in [0.25, 0.3) is 16.7 Å². The molecule has 0 bridgehead atoms. The predicted octanol–water partition coefficient (Wildman–Crippen LogP) is 8.07. The lowest BCUT2D eigenvalue weighted by Crippen LogP contribution is -2.37. The van der Waals surface area contributed by atoms with Gasteiger partial charge in [0.1, 0.15) is 0 Å². The summed E-state index contributed by atoms with van der Waals surface area (Å²) in [6.07, 6.45) is 12.9. The highest BCUT2D eigenvalue weighted by atomic mass is 16.7. The molecule has 1 unspecified atom stereocenters. The van der Waals surface area contributed by atoms with Gasteiger partial charge in [-0.05, 0) is 80.0 Å². The molecule has 3 aliphatic carbocycles. The van der Waals surface area contributed by atoms with Crippen LogP contribution in [0.2, 0.25) is 0 Å². The zero-order chi connectivity index (χ0) is 31.2. The van der Waals surface area contributed by atoms with Crippen LogP contribution in [0.1, 0.15) is 46.7 Å². The minimum Gasteiger partial charge on any atom is -0.324 e. The first-order chi connectivity index (χ1) is 22.0. The fourth-order valence-corrected chi connectivity index (χ4v) is 8.12. The van der Waals surface area contributed by atoms with Gasteiger partial charge in [0.05, 0.1) is 10.8 Å². The van der Waals surface area contributed by atoms with Crippen molar-refractivity contribution in [2.45, 2.75) is 24.2 Å². The Morgan fingerprint density at radius 3 is 1.87 bits per heavy atom. The molecule has 0 saturated heterocycles. The van der Waals surface area contributed by atoms with Crippen molar-refractivity contribution in [3.63, 3.8) is 0 Å². The van der Waals surface area contributed by atoms with Gasteiger partial charge in [0.25, 0.3) is 0 Å². The molecule has 0 aliphatic heterocycles. The molecule has 5 heteroatoms. The number of nitrogens with two attached hydrogens (primary N) is 2. The van der Waals surface area contributed by atoms with Crippen LogP contribution < -0.4 is 11.8 Å². The Balaban J connectivity index is 1.68. The van der Waals surface area contributed by atoms with E-state index in [4.69, 9.17) is 27.9 Å². The van der Waals surface area contributed by atoms with E-state index in [-0.39, 0.29) is 0 Å². The quantitative estimate of drug-likeness (QED) is 0.141. The maximum atomic E-state index is 5.73. The van der Waals surface area contributed by atoms with E-state index in [1.165, 1.54) is 44.5 Å². The molecular formula is C40H35BN2O2. The number of rotatable bonds is 5. The first-order valence-corrected chi connectivity index (χ1v) is 15.2. The lowest BCUT2D eigenvalue weighted by atomic mass is 9.58. The second-order valence-corrected chi connectivity index (χ2v) is 11.9. The smallest absolute Gasteiger partial charge is 0.324 e. The number of fused-ring (bicyclic) bond motifs is 10. The van der Waals surface area contributed by atoms with E-state index >= 15 is 0 Å². The topological polar surface area (TPSA) is 70.5 Å². The normalized spacial score (nSPS) is 21.2. The molecule has 4 aromatic rings. The van der Waals surface area contributed by atoms with Gasteiger partial charge in [-0.25, -0.2) is 11.8 Å². The van der Waals surface area contributed by atoms with E-state index in [0.29, 0.717) is 11.9 Å². The van der Waals surface area contributed by atoms with Crippen molar-refractivity contribution in [3.05, 3.63) is 197 Å². The molecule has 0 heterocycles. The van der Waals surface area contributed by atoms with Gasteiger partial charge in [0.15, 0.2) is 0 Å². The zero-order valence-corrected chi connectivity index (χ0v) is 25.4. The van der Waals surface area contributed by atoms with Gasteiger partial charge in [-0.2, -0.15) is 0 Å². The Bertz CT molecular complexity index is 1930. The fourth-order valence-electron chi connectivity index (χ4n) is 8.12. The van der Waals surface area contributed by atoms with Gasteiger partial charge in [-0.3, -0.25) is 0 Å². The molecular weight excluding hydrogens is 551 g/mol. The highest BCUT2D eigenvalue weighted by Crippen LogP contribution is 2.61. The number of hydrogen-bond acceptors (Lipinski definition) is 4. The summed E-state index contributed by atoms with van der Waals surface area (Å²) >= 11 is 0. The van der Waals surface area contributed by atoms with Gasteiger partial charge in [0.2, 0.25) is 0 Å². The second-order valence-electron chi connectivity index (χ2n) is 11.9. The first-order valence-electron chi connectivity index (χ1n) is 15.2. The van der Waals surface area contributed by atoms with Crippen molar-refractivity contribution in [1.29, 1.82) is 0 Å². The Hall–Kier alpha value is -4.78. The lowest BCUT2D eigenvalue weighted by molar-refractivity contribution is 0.212. The second kappa shape index (κ2) is 11.3. The summed E-state index contributed by atoms with van der Waals surface area (Å²) < 4.78 is 10.5. The van der Waals surface area contributed by atoms with Crippen molar-refractivity contribution in [2.24, 2.45) is 11.8 Å². The van der Waals surface area contributed by atoms with Crippen molar-refractivity contribution in [2.75, 3.05) is 0 Å². The van der Waals surface area contributed by atoms with Crippen molar-refractivity contribution in [3.8, 4) is 11.1 Å². The van der Waals surface area contributed by atoms with Crippen LogP contribution in [0, 0.1) is 0 Å². The molecule has 4 nitrogen and oxygen atoms in total. The third kappa shape index (κ3) is 4.02. The Kier molecular flexibility index (Phi) is 7.27. The summed E-state index contributed by atoms with van der Waals surface area (Å²) in [5, 5.41) is 0. The molecule has 1 atom stereocenters. The monoisotopic (exact) mass is 586 g/mol. The van der Waals surface area contributed by atoms with Crippen LogP contribution in [-0.4, -0.2) is 7.12 Å². The molecule has 4 aromatic carbocycles. The Morgan fingerprint density at radius 2 is 1.27 bits per heavy atom. The van der Waals surface area contributed by atoms with Crippen LogP contribution >= 0.6 is 0 Å². The largest absolute Gasteiger partial charge is 0.527 e. The number of hydrogen-bond donors (Lipinski definition) is 2. The van der Waals surface area contributed by atoms with Crippen LogP contribution in [0.15, 0.2) is 163 Å². The van der Waals surface area contributed by atoms with Gasteiger partial charge in [0, 0.05) is 0 Å². The van der Waals surface area contributed by atoms with Gasteiger partial charge in [-0.15, -0.1) is 0 Å². The van der Waals surface area contributed by atoms with E-state index in [1.807, 2.05) is 24.3 Å². The lowest BCUT2D eigenvalue weighted by Gasteiger charge is -2.42. The zero-order valence-electron chi connectivity index (χ0n) is 25.4. The molecule has 0 radical (unpaired) electrons. The molecule has 7 rings (SSSR count). The molecule has 45 heavy (non-hydrogen) atoms. The fraction of sp³-hybridized carbons (Fsp3) is 0.100. The summed E-state index contributed by atoms with van der Waals surface area (Å²) in [5.41, 5.74) is 12.4. The van der Waals surface area contributed by atoms with E-state index in [0.717, 1.165) is 16.7 Å². The third-order valence-corrected chi connectivity index (χ3v) is 9.87. The van der Waals surface area contributed by atoms with Gasteiger partial charge >= 0.3 is 7.12 Å². The molecule has 4 N–H and O–H groups in total. The van der Waals surface area contributed by atoms with Crippen LogP contribution in [0.5, 0.6) is 0 Å². The molecule has 3 aliphatic rings. The highest BCUT2D eigenvalue weighted by Gasteiger charge is 2.52. The maximum absolute atomic E-state index is 5.73. The van der Waals surface area contributed by atoms with E-state index in [1.54, 1.807) is 0 Å². The van der Waals surface area contributed by atoms with Crippen molar-refractivity contribution < 1.29 is 9.51 Å². The molecule has 0 saturated carbocycles. The molecule has 0 aromatic heterocycles. The van der Waals surface area contributed by atoms with Crippen LogP contribution in [0.4, 0.5) is 0 Å². The number of benzene rings is 4. The standard InChI is InChI=1S/C40H35BN2O2/c1-4-5-19-33-28(3)30-16-6-11-22-36(30)40(33)27(2)26-29(41(44-42)45-43)15-14-25-39(37-23-12-13-24-38(37)40)34-20-9-7-17-31(34)32-18-8-10-21-35(32)39/h4-24,26H,1-2,25,42-43H2,3H3/b15-14-,19-5-,29-26+. The highest BCUT2D eigenvalue weighted by molar-refractivity contribution is 6.54. The maximum Gasteiger partial charge on any atom is 0.527 e. The Morgan fingerprint density at radius 1 is 0.733 bits per heavy atom. The third-order valence-electron chi connectivity index (χ3n) is 9.87. The summed E-state index contributed by atoms with van der Waals surface area (Å²) in [4.78, 5) is 0. The van der Waals surface area contributed by atoms with Crippen molar-refractivity contribution >= 4 is 12.7 Å². The molecule has 2 spiro atoms. The molecule has 0 amide bonds. The average molecular weight is 587 g/mol. The minimum atomic E-state index is -0.988. The van der Waals surface area contributed by atoms with E-state index < -0.39 is 17.9 Å². The summed E-state index contributed by atoms with van der Waals surface area (Å²) in [6.45, 7) is 11.0. The van der Waals surface area contributed by atoms with Gasteiger partial charge < -0.3 is 9.51 Å². The SMILES string of the molecule is C=C/C=C\C1=C(C)c2ccccc2C12C(=C)/C=C(B(ON)ON)\C=C/CC1(c3ccccc3-c3ccccc31)c1ccccc12. The van der Waals surface area contributed by atoms with Gasteiger partial charge in [-0.1, -0.05) is 147 Å². The van der Waals surface area contributed by atoms with Crippen LogP contribution in [-0.2, 0) is 20.3 Å². The summed E-state index contributed by atoms with van der Waals surface area (Å²) in [6, 6.07) is 35.1. The summed E-state index contributed by atoms with van der Waals surface area (Å²) in [7, 11) is -0.988. The minimum absolute atomic E-state index is 0.503. The van der Waals surface area contributed by atoms with E-state index in [9.17, 15) is 0 Å².